The highest BCUT2D eigenvalue weighted by Crippen LogP contribution is 2.28. The van der Waals surface area contributed by atoms with Crippen LogP contribution in [-0.4, -0.2) is 59.7 Å². The van der Waals surface area contributed by atoms with E-state index < -0.39 is 0 Å². The number of phenols is 1. The molecule has 0 bridgehead atoms. The zero-order valence-electron chi connectivity index (χ0n) is 24.5. The molecule has 0 unspecified atom stereocenters. The highest BCUT2D eigenvalue weighted by molar-refractivity contribution is 7.16. The third kappa shape index (κ3) is 9.16. The van der Waals surface area contributed by atoms with Gasteiger partial charge in [0.1, 0.15) is 11.3 Å². The number of nitrogens with zero attached hydrogens (tertiary/aromatic N) is 1. The predicted molar refractivity (Wildman–Crippen MR) is 166 cm³/mol. The summed E-state index contributed by atoms with van der Waals surface area (Å²) in [6.45, 7) is 13.1. The molecule has 3 rings (SSSR count). The number of amides is 1. The number of thiazole rings is 1. The largest absolute Gasteiger partial charge is 0.506 e. The van der Waals surface area contributed by atoms with Crippen molar-refractivity contribution in [2.24, 2.45) is 17.6 Å². The van der Waals surface area contributed by atoms with Crippen molar-refractivity contribution in [1.29, 1.82) is 0 Å². The first-order chi connectivity index (χ1) is 19.2. The first-order valence-electron chi connectivity index (χ1n) is 14.5. The summed E-state index contributed by atoms with van der Waals surface area (Å²) in [5.41, 5.74) is 9.71. The number of aromatic nitrogens is 1. The first kappa shape index (κ1) is 31.8. The average molecular weight is 570 g/mol. The van der Waals surface area contributed by atoms with E-state index >= 15 is 0 Å². The van der Waals surface area contributed by atoms with Gasteiger partial charge in [-0.25, -0.2) is 0 Å². The zero-order valence-corrected chi connectivity index (χ0v) is 25.3. The maximum atomic E-state index is 13.4. The van der Waals surface area contributed by atoms with E-state index in [1.807, 2.05) is 12.1 Å². The van der Waals surface area contributed by atoms with Crippen LogP contribution < -0.4 is 21.2 Å². The number of nitrogens with one attached hydrogen (secondary N) is 3. The van der Waals surface area contributed by atoms with Gasteiger partial charge in [-0.15, -0.1) is 0 Å². The number of rotatable bonds is 17. The summed E-state index contributed by atoms with van der Waals surface area (Å²) in [5.74, 6) is 1.05. The van der Waals surface area contributed by atoms with E-state index in [2.05, 4.69) is 66.4 Å². The second-order valence-electron chi connectivity index (χ2n) is 11.2. The topological polar surface area (TPSA) is 123 Å². The minimum Gasteiger partial charge on any atom is -0.506 e. The number of aromatic amines is 1. The normalized spacial score (nSPS) is 11.8. The van der Waals surface area contributed by atoms with Crippen LogP contribution in [0.2, 0.25) is 0 Å². The second-order valence-corrected chi connectivity index (χ2v) is 12.1. The van der Waals surface area contributed by atoms with E-state index in [9.17, 15) is 14.7 Å². The monoisotopic (exact) mass is 569 g/mol. The Labute approximate surface area is 242 Å². The van der Waals surface area contributed by atoms with Gasteiger partial charge in [0, 0.05) is 32.1 Å². The van der Waals surface area contributed by atoms with Crippen molar-refractivity contribution in [2.75, 3.05) is 32.7 Å². The Morgan fingerprint density at radius 2 is 1.70 bits per heavy atom. The van der Waals surface area contributed by atoms with Crippen LogP contribution in [0, 0.1) is 11.8 Å². The number of aromatic hydroxyl groups is 1. The van der Waals surface area contributed by atoms with Crippen molar-refractivity contribution in [3.63, 3.8) is 0 Å². The third-order valence-corrected chi connectivity index (χ3v) is 8.31. The highest BCUT2D eigenvalue weighted by atomic mass is 32.1. The number of phenolic OH excluding ortho intramolecular Hbond substituents is 1. The number of carbonyl (C=O) groups is 1. The van der Waals surface area contributed by atoms with Crippen molar-refractivity contribution in [1.82, 2.24) is 20.5 Å². The van der Waals surface area contributed by atoms with Gasteiger partial charge in [-0.1, -0.05) is 69.4 Å². The number of hydrogen-bond donors (Lipinski definition) is 5. The van der Waals surface area contributed by atoms with Crippen LogP contribution in [0.5, 0.6) is 5.75 Å². The summed E-state index contributed by atoms with van der Waals surface area (Å²) in [6, 6.07) is 12.1. The van der Waals surface area contributed by atoms with Crippen molar-refractivity contribution in [2.45, 2.75) is 66.0 Å². The highest BCUT2D eigenvalue weighted by Gasteiger charge is 2.28. The lowest BCUT2D eigenvalue weighted by Crippen LogP contribution is -2.49. The van der Waals surface area contributed by atoms with Crippen molar-refractivity contribution in [3.8, 4) is 5.75 Å². The smallest absolute Gasteiger partial charge is 0.305 e. The van der Waals surface area contributed by atoms with Gasteiger partial charge >= 0.3 is 4.87 Å². The van der Waals surface area contributed by atoms with Gasteiger partial charge in [-0.2, -0.15) is 0 Å². The molecule has 9 heteroatoms. The second kappa shape index (κ2) is 15.9. The van der Waals surface area contributed by atoms with E-state index in [-0.39, 0.29) is 22.6 Å². The Morgan fingerprint density at radius 1 is 1.00 bits per heavy atom. The molecule has 8 nitrogen and oxygen atoms in total. The van der Waals surface area contributed by atoms with Gasteiger partial charge in [0.2, 0.25) is 5.91 Å². The number of hydrogen-bond acceptors (Lipinski definition) is 7. The quantitative estimate of drug-likeness (QED) is 0.157. The number of fused-ring (bicyclic) bond motifs is 1. The van der Waals surface area contributed by atoms with E-state index in [1.165, 1.54) is 5.56 Å². The maximum absolute atomic E-state index is 13.4. The SMILES string of the molecule is CC(C)C(C(C)C)N(CCNCCc1ccc(O)c2[nH]c(=O)sc12)C(=O)CCCNCCc1cccc(CN)c1. The molecule has 0 fully saturated rings. The average Bonchev–Trinajstić information content (AvgIpc) is 3.32. The van der Waals surface area contributed by atoms with Gasteiger partial charge in [-0.3, -0.25) is 9.59 Å². The summed E-state index contributed by atoms with van der Waals surface area (Å²) in [6.07, 6.45) is 3.02. The number of benzene rings is 2. The van der Waals surface area contributed by atoms with Crippen LogP contribution in [0.25, 0.3) is 10.2 Å². The number of H-pyrrole nitrogens is 1. The minimum atomic E-state index is -0.166. The lowest BCUT2D eigenvalue weighted by molar-refractivity contribution is -0.135. The van der Waals surface area contributed by atoms with Gasteiger partial charge in [0.25, 0.3) is 0 Å². The molecule has 0 radical (unpaired) electrons. The van der Waals surface area contributed by atoms with E-state index in [0.29, 0.717) is 43.4 Å². The van der Waals surface area contributed by atoms with Crippen molar-refractivity contribution in [3.05, 3.63) is 62.8 Å². The molecule has 3 aromatic rings. The molecule has 1 heterocycles. The van der Waals surface area contributed by atoms with Crippen LogP contribution in [0.4, 0.5) is 0 Å². The molecule has 0 aliphatic carbocycles. The predicted octanol–water partition coefficient (Wildman–Crippen LogP) is 4.01. The van der Waals surface area contributed by atoms with E-state index in [1.54, 1.807) is 6.07 Å². The Kier molecular flexibility index (Phi) is 12.6. The van der Waals surface area contributed by atoms with Gasteiger partial charge in [0.05, 0.1) is 4.70 Å². The van der Waals surface area contributed by atoms with Crippen molar-refractivity contribution >= 4 is 27.5 Å². The van der Waals surface area contributed by atoms with Crippen LogP contribution in [0.15, 0.2) is 41.2 Å². The number of nitrogens with two attached hydrogens (primary N) is 1. The fourth-order valence-corrected chi connectivity index (χ4v) is 6.42. The molecule has 0 aliphatic heterocycles. The van der Waals surface area contributed by atoms with Gasteiger partial charge < -0.3 is 31.4 Å². The molecule has 2 aromatic carbocycles. The molecular weight excluding hydrogens is 522 g/mol. The zero-order chi connectivity index (χ0) is 29.1. The molecule has 0 aliphatic rings. The van der Waals surface area contributed by atoms with E-state index in [0.717, 1.165) is 66.1 Å². The summed E-state index contributed by atoms with van der Waals surface area (Å²) >= 11 is 1.13. The Balaban J connectivity index is 1.46. The first-order valence-corrected chi connectivity index (χ1v) is 15.3. The maximum Gasteiger partial charge on any atom is 0.305 e. The van der Waals surface area contributed by atoms with E-state index in [4.69, 9.17) is 5.73 Å². The van der Waals surface area contributed by atoms with Crippen LogP contribution >= 0.6 is 11.3 Å². The standard InChI is InChI=1S/C31H47N5O3S/c1-21(2)29(22(3)4)36(27(38)9-6-14-33-15-12-23-7-5-8-24(19-23)20-32)18-17-34-16-13-25-10-11-26(37)28-30(25)40-31(39)35-28/h5,7-8,10-11,19,21-22,29,33-34,37H,6,9,12-18,20,32H2,1-4H3,(H,35,39). The molecule has 220 valence electrons. The summed E-state index contributed by atoms with van der Waals surface area (Å²) < 4.78 is 0.806. The van der Waals surface area contributed by atoms with Crippen LogP contribution in [0.1, 0.15) is 57.2 Å². The summed E-state index contributed by atoms with van der Waals surface area (Å²) in [5, 5.41) is 17.0. The lowest BCUT2D eigenvalue weighted by atomic mass is 9.91. The van der Waals surface area contributed by atoms with Crippen LogP contribution in [0.3, 0.4) is 0 Å². The van der Waals surface area contributed by atoms with Gasteiger partial charge in [0.15, 0.2) is 0 Å². The molecular formula is C31H47N5O3S. The number of carbonyl (C=O) groups excluding carboxylic acids is 1. The molecule has 1 aromatic heterocycles. The van der Waals surface area contributed by atoms with Crippen LogP contribution in [-0.2, 0) is 24.2 Å². The fraction of sp³-hybridized carbons (Fsp3) is 0.548. The minimum absolute atomic E-state index is 0.0973. The molecule has 0 saturated carbocycles. The molecule has 40 heavy (non-hydrogen) atoms. The molecule has 0 atom stereocenters. The molecule has 6 N–H and O–H groups in total. The summed E-state index contributed by atoms with van der Waals surface area (Å²) in [4.78, 5) is 29.8. The molecule has 0 spiro atoms. The molecule has 1 amide bonds. The Morgan fingerprint density at radius 3 is 2.42 bits per heavy atom. The van der Waals surface area contributed by atoms with Gasteiger partial charge in [-0.05, 0) is 73.5 Å². The Bertz CT molecular complexity index is 1260. The third-order valence-electron chi connectivity index (χ3n) is 7.35. The Hall–Kier alpha value is -2.72. The summed E-state index contributed by atoms with van der Waals surface area (Å²) in [7, 11) is 0. The molecule has 0 saturated heterocycles. The fourth-order valence-electron chi connectivity index (χ4n) is 5.53. The van der Waals surface area contributed by atoms with Crippen molar-refractivity contribution < 1.29 is 9.90 Å². The lowest BCUT2D eigenvalue weighted by Gasteiger charge is -2.37.